The Bertz CT molecular complexity index is 816. The lowest BCUT2D eigenvalue weighted by Gasteiger charge is -2.15. The smallest absolute Gasteiger partial charge is 0.233 e. The van der Waals surface area contributed by atoms with Crippen LogP contribution in [-0.2, 0) is 11.3 Å². The van der Waals surface area contributed by atoms with Crippen molar-refractivity contribution in [2.75, 3.05) is 12.8 Å². The Morgan fingerprint density at radius 2 is 2.12 bits per heavy atom. The Kier molecular flexibility index (Phi) is 5.27. The van der Waals surface area contributed by atoms with Crippen molar-refractivity contribution in [1.29, 1.82) is 0 Å². The molecule has 6 nitrogen and oxygen atoms in total. The van der Waals surface area contributed by atoms with E-state index in [9.17, 15) is 4.79 Å². The molecule has 0 fully saturated rings. The second-order valence-electron chi connectivity index (χ2n) is 5.28. The molecule has 0 bridgehead atoms. The number of hydrogen-bond acceptors (Lipinski definition) is 6. The molecule has 124 valence electrons. The number of nitrogens with zero attached hydrogens (tertiary/aromatic N) is 5. The van der Waals surface area contributed by atoms with Gasteiger partial charge in [0.05, 0.1) is 18.0 Å². The largest absolute Gasteiger partial charge is 0.340 e. The zero-order valence-corrected chi connectivity index (χ0v) is 15.0. The van der Waals surface area contributed by atoms with E-state index in [0.29, 0.717) is 17.5 Å². The van der Waals surface area contributed by atoms with Gasteiger partial charge >= 0.3 is 0 Å². The van der Waals surface area contributed by atoms with Gasteiger partial charge in [0.2, 0.25) is 11.1 Å². The van der Waals surface area contributed by atoms with E-state index in [2.05, 4.69) is 15.5 Å². The Hall–Kier alpha value is -2.19. The molecule has 0 saturated carbocycles. The van der Waals surface area contributed by atoms with Gasteiger partial charge in [0.15, 0.2) is 0 Å². The fourth-order valence-electron chi connectivity index (χ4n) is 2.18. The van der Waals surface area contributed by atoms with Gasteiger partial charge in [0.25, 0.3) is 0 Å². The van der Waals surface area contributed by atoms with Crippen LogP contribution in [0.4, 0.5) is 0 Å². The van der Waals surface area contributed by atoms with Crippen molar-refractivity contribution in [3.63, 3.8) is 0 Å². The van der Waals surface area contributed by atoms with E-state index in [0.717, 1.165) is 11.3 Å². The molecular formula is C16H17N5OS2. The van der Waals surface area contributed by atoms with Crippen LogP contribution in [0.1, 0.15) is 10.4 Å². The minimum absolute atomic E-state index is 0.0488. The van der Waals surface area contributed by atoms with Gasteiger partial charge in [0, 0.05) is 11.9 Å². The van der Waals surface area contributed by atoms with E-state index in [1.807, 2.05) is 55.7 Å². The number of carbonyl (C=O) groups is 1. The molecule has 0 aliphatic heterocycles. The van der Waals surface area contributed by atoms with Crippen LogP contribution in [0.3, 0.4) is 0 Å². The highest BCUT2D eigenvalue weighted by Crippen LogP contribution is 2.21. The Morgan fingerprint density at radius 3 is 2.88 bits per heavy atom. The number of tetrazole rings is 1. The van der Waals surface area contributed by atoms with Crippen molar-refractivity contribution in [3.8, 4) is 5.69 Å². The molecular weight excluding hydrogens is 342 g/mol. The summed E-state index contributed by atoms with van der Waals surface area (Å²) in [6.07, 6.45) is 0. The first kappa shape index (κ1) is 16.7. The number of carbonyl (C=O) groups excluding carboxylic acids is 1. The molecule has 0 saturated heterocycles. The normalized spacial score (nSPS) is 10.8. The summed E-state index contributed by atoms with van der Waals surface area (Å²) in [5, 5.41) is 14.4. The molecule has 8 heteroatoms. The summed E-state index contributed by atoms with van der Waals surface area (Å²) in [7, 11) is 1.81. The first-order valence-corrected chi connectivity index (χ1v) is 9.25. The molecule has 0 atom stereocenters. The lowest BCUT2D eigenvalue weighted by Crippen LogP contribution is -2.27. The van der Waals surface area contributed by atoms with Gasteiger partial charge < -0.3 is 4.90 Å². The fraction of sp³-hybridized carbons (Fsp3) is 0.250. The van der Waals surface area contributed by atoms with Gasteiger partial charge in [-0.3, -0.25) is 4.79 Å². The quantitative estimate of drug-likeness (QED) is 0.633. The summed E-state index contributed by atoms with van der Waals surface area (Å²) in [6.45, 7) is 2.63. The number of hydrogen-bond donors (Lipinski definition) is 0. The molecule has 0 aliphatic rings. The van der Waals surface area contributed by atoms with Gasteiger partial charge in [-0.25, -0.2) is 0 Å². The van der Waals surface area contributed by atoms with Crippen molar-refractivity contribution in [2.24, 2.45) is 0 Å². The number of aromatic nitrogens is 4. The van der Waals surface area contributed by atoms with E-state index in [1.54, 1.807) is 20.9 Å². The van der Waals surface area contributed by atoms with Crippen LogP contribution in [-0.4, -0.2) is 43.8 Å². The van der Waals surface area contributed by atoms with Crippen LogP contribution in [0.25, 0.3) is 5.69 Å². The minimum atomic E-state index is 0.0488. The number of thioether (sulfide) groups is 1. The van der Waals surface area contributed by atoms with Gasteiger partial charge in [-0.1, -0.05) is 36.0 Å². The van der Waals surface area contributed by atoms with Gasteiger partial charge in [-0.15, -0.1) is 16.4 Å². The first-order valence-electron chi connectivity index (χ1n) is 7.38. The third-order valence-corrected chi connectivity index (χ3v) is 5.27. The lowest BCUT2D eigenvalue weighted by atomic mass is 10.2. The number of benzene rings is 1. The maximum absolute atomic E-state index is 12.3. The van der Waals surface area contributed by atoms with E-state index in [1.165, 1.54) is 16.6 Å². The van der Waals surface area contributed by atoms with Crippen LogP contribution in [0.2, 0.25) is 0 Å². The topological polar surface area (TPSA) is 63.9 Å². The van der Waals surface area contributed by atoms with Crippen LogP contribution in [0.5, 0.6) is 0 Å². The zero-order chi connectivity index (χ0) is 16.9. The summed E-state index contributed by atoms with van der Waals surface area (Å²) in [6, 6.07) is 11.9. The summed E-state index contributed by atoms with van der Waals surface area (Å²) >= 11 is 2.99. The highest BCUT2D eigenvalue weighted by atomic mass is 32.2. The number of rotatable bonds is 6. The van der Waals surface area contributed by atoms with Crippen LogP contribution in [0, 0.1) is 6.92 Å². The Morgan fingerprint density at radius 1 is 1.29 bits per heavy atom. The number of thiophene rings is 1. The molecule has 0 spiro atoms. The number of aryl methyl sites for hydroxylation is 1. The molecule has 0 unspecified atom stereocenters. The Labute approximate surface area is 148 Å². The summed E-state index contributed by atoms with van der Waals surface area (Å²) in [5.41, 5.74) is 2.00. The monoisotopic (exact) mass is 359 g/mol. The molecule has 1 aromatic carbocycles. The molecule has 0 N–H and O–H groups in total. The second kappa shape index (κ2) is 7.59. The summed E-state index contributed by atoms with van der Waals surface area (Å²) in [4.78, 5) is 15.2. The van der Waals surface area contributed by atoms with E-state index >= 15 is 0 Å². The number of para-hydroxylation sites is 1. The fourth-order valence-corrected chi connectivity index (χ4v) is 3.76. The average Bonchev–Trinajstić information content (AvgIpc) is 3.24. The molecule has 3 aromatic rings. The Balaban J connectivity index is 1.64. The van der Waals surface area contributed by atoms with Crippen molar-refractivity contribution >= 4 is 29.0 Å². The highest BCUT2D eigenvalue weighted by molar-refractivity contribution is 7.99. The average molecular weight is 359 g/mol. The van der Waals surface area contributed by atoms with Gasteiger partial charge in [-0.2, -0.15) is 4.68 Å². The molecule has 1 amide bonds. The van der Waals surface area contributed by atoms with Crippen LogP contribution in [0.15, 0.2) is 46.9 Å². The maximum atomic E-state index is 12.3. The van der Waals surface area contributed by atoms with Gasteiger partial charge in [-0.05, 0) is 40.4 Å². The van der Waals surface area contributed by atoms with E-state index < -0.39 is 0 Å². The van der Waals surface area contributed by atoms with E-state index in [-0.39, 0.29) is 5.91 Å². The highest BCUT2D eigenvalue weighted by Gasteiger charge is 2.15. The van der Waals surface area contributed by atoms with E-state index in [4.69, 9.17) is 0 Å². The second-order valence-corrected chi connectivity index (χ2v) is 7.25. The maximum Gasteiger partial charge on any atom is 0.233 e. The van der Waals surface area contributed by atoms with Crippen LogP contribution < -0.4 is 0 Å². The van der Waals surface area contributed by atoms with Gasteiger partial charge in [0.1, 0.15) is 0 Å². The van der Waals surface area contributed by atoms with Crippen LogP contribution >= 0.6 is 23.1 Å². The van der Waals surface area contributed by atoms with Crippen molar-refractivity contribution in [2.45, 2.75) is 18.6 Å². The SMILES string of the molecule is Cc1ccccc1-n1nnnc1SCC(=O)N(C)Cc1cccs1. The molecule has 0 radical (unpaired) electrons. The minimum Gasteiger partial charge on any atom is -0.340 e. The zero-order valence-electron chi connectivity index (χ0n) is 13.4. The lowest BCUT2D eigenvalue weighted by molar-refractivity contribution is -0.127. The molecule has 3 rings (SSSR count). The molecule has 2 heterocycles. The predicted octanol–water partition coefficient (Wildman–Crippen LogP) is 2.78. The standard InChI is InChI=1S/C16H17N5OS2/c1-12-6-3-4-8-14(12)21-16(17-18-19-21)24-11-15(22)20(2)10-13-7-5-9-23-13/h3-9H,10-11H2,1-2H3. The molecule has 0 aliphatic carbocycles. The number of amides is 1. The van der Waals surface area contributed by atoms with Crippen molar-refractivity contribution in [3.05, 3.63) is 52.2 Å². The summed E-state index contributed by atoms with van der Waals surface area (Å²) < 4.78 is 1.67. The third-order valence-electron chi connectivity index (χ3n) is 3.51. The van der Waals surface area contributed by atoms with Crippen molar-refractivity contribution < 1.29 is 4.79 Å². The molecule has 24 heavy (non-hydrogen) atoms. The first-order chi connectivity index (χ1) is 11.6. The van der Waals surface area contributed by atoms with Crippen molar-refractivity contribution in [1.82, 2.24) is 25.1 Å². The predicted molar refractivity (Wildman–Crippen MR) is 95.4 cm³/mol. The summed E-state index contributed by atoms with van der Waals surface area (Å²) in [5.74, 6) is 0.349. The molecule has 2 aromatic heterocycles. The third kappa shape index (κ3) is 3.82.